The zero-order valence-electron chi connectivity index (χ0n) is 17.1. The maximum Gasteiger partial charge on any atom is 0.173 e. The molecular weight excluding hydrogens is 396 g/mol. The van der Waals surface area contributed by atoms with Gasteiger partial charge < -0.3 is 4.90 Å². The zero-order valence-corrected chi connectivity index (χ0v) is 17.8. The van der Waals surface area contributed by atoms with Crippen molar-refractivity contribution in [2.24, 2.45) is 0 Å². The summed E-state index contributed by atoms with van der Waals surface area (Å²) in [5, 5.41) is 13.8. The number of halogens is 1. The van der Waals surface area contributed by atoms with Crippen molar-refractivity contribution in [3.05, 3.63) is 71.0 Å². The van der Waals surface area contributed by atoms with E-state index in [1.807, 2.05) is 12.1 Å². The van der Waals surface area contributed by atoms with Crippen molar-refractivity contribution in [2.45, 2.75) is 37.8 Å². The number of aromatic nitrogens is 4. The summed E-state index contributed by atoms with van der Waals surface area (Å²) in [5.74, 6) is 0.956. The summed E-state index contributed by atoms with van der Waals surface area (Å²) in [7, 11) is 0. The lowest BCUT2D eigenvalue weighted by Crippen LogP contribution is -2.48. The van der Waals surface area contributed by atoms with Crippen LogP contribution in [0.15, 0.2) is 54.6 Å². The molecule has 7 heteroatoms. The van der Waals surface area contributed by atoms with Crippen molar-refractivity contribution >= 4 is 17.3 Å². The molecule has 1 aliphatic heterocycles. The van der Waals surface area contributed by atoms with Gasteiger partial charge in [-0.1, -0.05) is 54.8 Å². The Kier molecular flexibility index (Phi) is 5.69. The van der Waals surface area contributed by atoms with Gasteiger partial charge in [0, 0.05) is 36.9 Å². The third-order valence-electron chi connectivity index (χ3n) is 6.42. The molecule has 1 aromatic heterocycles. The highest BCUT2D eigenvalue weighted by atomic mass is 35.5. The second-order valence-corrected chi connectivity index (χ2v) is 8.67. The molecule has 30 heavy (non-hydrogen) atoms. The van der Waals surface area contributed by atoms with E-state index in [1.165, 1.54) is 24.1 Å². The summed E-state index contributed by atoms with van der Waals surface area (Å²) in [6, 6.07) is 19.3. The fourth-order valence-electron chi connectivity index (χ4n) is 4.83. The minimum absolute atomic E-state index is 0.0378. The van der Waals surface area contributed by atoms with E-state index in [9.17, 15) is 0 Å². The number of hydrogen-bond donors (Lipinski definition) is 0. The molecule has 0 spiro atoms. The summed E-state index contributed by atoms with van der Waals surface area (Å²) in [6.45, 7) is 3.89. The predicted octanol–water partition coefficient (Wildman–Crippen LogP) is 4.35. The third kappa shape index (κ3) is 3.94. The van der Waals surface area contributed by atoms with Crippen LogP contribution in [-0.4, -0.2) is 51.3 Å². The second-order valence-electron chi connectivity index (χ2n) is 8.23. The van der Waals surface area contributed by atoms with Crippen LogP contribution in [0.2, 0.25) is 5.02 Å². The molecule has 1 unspecified atom stereocenters. The lowest BCUT2D eigenvalue weighted by molar-refractivity contribution is 0.198. The second kappa shape index (κ2) is 8.74. The maximum atomic E-state index is 6.18. The van der Waals surface area contributed by atoms with Gasteiger partial charge in [0.15, 0.2) is 5.82 Å². The molecule has 156 valence electrons. The first-order valence-electron chi connectivity index (χ1n) is 10.9. The van der Waals surface area contributed by atoms with Crippen LogP contribution in [0, 0.1) is 0 Å². The number of hydrogen-bond acceptors (Lipinski definition) is 5. The first-order chi connectivity index (χ1) is 14.8. The molecule has 6 nitrogen and oxygen atoms in total. The van der Waals surface area contributed by atoms with E-state index < -0.39 is 0 Å². The maximum absolute atomic E-state index is 6.18. The van der Waals surface area contributed by atoms with E-state index in [1.54, 1.807) is 0 Å². The Hall–Kier alpha value is -2.44. The van der Waals surface area contributed by atoms with Gasteiger partial charge in [0.2, 0.25) is 0 Å². The van der Waals surface area contributed by atoms with Crippen LogP contribution in [0.4, 0.5) is 5.69 Å². The van der Waals surface area contributed by atoms with Crippen molar-refractivity contribution < 1.29 is 0 Å². The van der Waals surface area contributed by atoms with E-state index in [-0.39, 0.29) is 6.04 Å². The Labute approximate surface area is 182 Å². The lowest BCUT2D eigenvalue weighted by Gasteiger charge is -2.40. The van der Waals surface area contributed by atoms with Crippen LogP contribution in [0.5, 0.6) is 0 Å². The number of anilines is 1. The van der Waals surface area contributed by atoms with E-state index in [0.29, 0.717) is 6.04 Å². The highest BCUT2D eigenvalue weighted by molar-refractivity contribution is 6.30. The fourth-order valence-corrected chi connectivity index (χ4v) is 4.96. The van der Waals surface area contributed by atoms with E-state index in [0.717, 1.165) is 49.9 Å². The fraction of sp³-hybridized carbons (Fsp3) is 0.435. The highest BCUT2D eigenvalue weighted by Gasteiger charge is 2.33. The van der Waals surface area contributed by atoms with E-state index in [2.05, 4.69) is 72.5 Å². The van der Waals surface area contributed by atoms with Crippen LogP contribution in [0.25, 0.3) is 0 Å². The van der Waals surface area contributed by atoms with Crippen molar-refractivity contribution in [1.29, 1.82) is 0 Å². The molecule has 5 rings (SSSR count). The van der Waals surface area contributed by atoms with Gasteiger partial charge in [0.1, 0.15) is 0 Å². The van der Waals surface area contributed by atoms with Gasteiger partial charge in [-0.15, -0.1) is 5.10 Å². The summed E-state index contributed by atoms with van der Waals surface area (Å²) in [4.78, 5) is 4.97. The van der Waals surface area contributed by atoms with Crippen molar-refractivity contribution in [3.63, 3.8) is 0 Å². The number of nitrogens with zero attached hydrogens (tertiary/aromatic N) is 6. The van der Waals surface area contributed by atoms with Gasteiger partial charge in [0.25, 0.3) is 0 Å². The Morgan fingerprint density at radius 1 is 0.867 bits per heavy atom. The van der Waals surface area contributed by atoms with Gasteiger partial charge in [-0.05, 0) is 53.1 Å². The molecule has 1 aliphatic carbocycles. The number of piperazine rings is 1. The summed E-state index contributed by atoms with van der Waals surface area (Å²) in [5.41, 5.74) is 2.48. The number of benzene rings is 2. The van der Waals surface area contributed by atoms with Crippen LogP contribution in [0.3, 0.4) is 0 Å². The first-order valence-corrected chi connectivity index (χ1v) is 11.2. The minimum Gasteiger partial charge on any atom is -0.369 e. The molecular formula is C23H27ClN6. The van der Waals surface area contributed by atoms with Crippen LogP contribution in [-0.2, 0) is 0 Å². The molecule has 0 N–H and O–H groups in total. The largest absolute Gasteiger partial charge is 0.369 e. The Morgan fingerprint density at radius 2 is 1.57 bits per heavy atom. The Bertz CT molecular complexity index is 943. The van der Waals surface area contributed by atoms with E-state index in [4.69, 9.17) is 11.6 Å². The minimum atomic E-state index is 0.0378. The van der Waals surface area contributed by atoms with Crippen LogP contribution in [0.1, 0.15) is 49.2 Å². The molecule has 1 saturated heterocycles. The molecule has 2 aromatic carbocycles. The predicted molar refractivity (Wildman–Crippen MR) is 119 cm³/mol. The molecule has 2 aliphatic rings. The normalized spacial score (nSPS) is 19.3. The Balaban J connectivity index is 1.43. The van der Waals surface area contributed by atoms with Gasteiger partial charge in [0.05, 0.1) is 12.1 Å². The van der Waals surface area contributed by atoms with Gasteiger partial charge in [-0.3, -0.25) is 4.90 Å². The third-order valence-corrected chi connectivity index (χ3v) is 6.67. The topological polar surface area (TPSA) is 50.1 Å². The highest BCUT2D eigenvalue weighted by Crippen LogP contribution is 2.35. The standard InChI is InChI=1S/C23H27ClN6/c24-19-12-10-18(11-13-19)22(23-25-26-27-30(23)21-8-4-5-9-21)29-16-14-28(15-17-29)20-6-2-1-3-7-20/h1-3,6-7,10-13,21-22H,4-5,8-9,14-17H2. The number of rotatable bonds is 5. The molecule has 0 bridgehead atoms. The van der Waals surface area contributed by atoms with E-state index >= 15 is 0 Å². The van der Waals surface area contributed by atoms with Crippen molar-refractivity contribution in [2.75, 3.05) is 31.1 Å². The summed E-state index contributed by atoms with van der Waals surface area (Å²) in [6.07, 6.45) is 4.83. The molecule has 3 aromatic rings. The number of tetrazole rings is 1. The molecule has 2 fully saturated rings. The smallest absolute Gasteiger partial charge is 0.173 e. The van der Waals surface area contributed by atoms with Gasteiger partial charge in [-0.2, -0.15) is 0 Å². The zero-order chi connectivity index (χ0) is 20.3. The molecule has 1 atom stereocenters. The van der Waals surface area contributed by atoms with Gasteiger partial charge >= 0.3 is 0 Å². The van der Waals surface area contributed by atoms with Crippen LogP contribution >= 0.6 is 11.6 Å². The molecule has 2 heterocycles. The monoisotopic (exact) mass is 422 g/mol. The molecule has 1 saturated carbocycles. The molecule has 0 amide bonds. The average Bonchev–Trinajstić information content (AvgIpc) is 3.48. The first kappa shape index (κ1) is 19.5. The summed E-state index contributed by atoms with van der Waals surface area (Å²) < 4.78 is 2.09. The van der Waals surface area contributed by atoms with Crippen LogP contribution < -0.4 is 4.90 Å². The average molecular weight is 423 g/mol. The number of para-hydroxylation sites is 1. The molecule has 0 radical (unpaired) electrons. The Morgan fingerprint density at radius 3 is 2.27 bits per heavy atom. The summed E-state index contributed by atoms with van der Waals surface area (Å²) >= 11 is 6.18. The van der Waals surface area contributed by atoms with Crippen molar-refractivity contribution in [3.8, 4) is 0 Å². The lowest BCUT2D eigenvalue weighted by atomic mass is 10.0. The van der Waals surface area contributed by atoms with Gasteiger partial charge in [-0.25, -0.2) is 4.68 Å². The quantitative estimate of drug-likeness (QED) is 0.611. The van der Waals surface area contributed by atoms with Crippen molar-refractivity contribution in [1.82, 2.24) is 25.1 Å². The SMILES string of the molecule is Clc1ccc(C(c2nnnn2C2CCCC2)N2CCN(c3ccccc3)CC2)cc1.